The first-order chi connectivity index (χ1) is 15.1. The van der Waals surface area contributed by atoms with Gasteiger partial charge in [0, 0.05) is 38.9 Å². The summed E-state index contributed by atoms with van der Waals surface area (Å²) in [5, 5.41) is 12.2. The van der Waals surface area contributed by atoms with Gasteiger partial charge in [-0.25, -0.2) is 9.25 Å². The van der Waals surface area contributed by atoms with Gasteiger partial charge in [0.25, 0.3) is 5.95 Å². The number of tetrazole rings is 1. The first-order valence-electron chi connectivity index (χ1n) is 9.69. The summed E-state index contributed by atoms with van der Waals surface area (Å²) in [4.78, 5) is 9.02. The number of para-hydroxylation sites is 1. The number of fused-ring (bicyclic) bond motifs is 1. The largest absolute Gasteiger partial charge is 0.493 e. The lowest BCUT2D eigenvalue weighted by Crippen LogP contribution is -2.10. The summed E-state index contributed by atoms with van der Waals surface area (Å²) in [6.45, 7) is 3.35. The van der Waals surface area contributed by atoms with Gasteiger partial charge in [0.2, 0.25) is 0 Å². The standard InChI is InChI=1S/C20H22ClN7O3/c1-13-15(22-9-8-17(13)30-11-5-10-29-3)12-31-20-23-18-14(21)6-4-7-16(18)28(20)19-24-25-26-27(19)2/h4,6-9H,5,10-12H2,1-3H3. The Kier molecular flexibility index (Phi) is 6.28. The number of aryl methyl sites for hydroxylation is 1. The van der Waals surface area contributed by atoms with Crippen LogP contribution in [0.2, 0.25) is 5.02 Å². The van der Waals surface area contributed by atoms with Gasteiger partial charge < -0.3 is 14.2 Å². The second-order valence-corrected chi connectivity index (χ2v) is 7.21. The molecule has 0 amide bonds. The van der Waals surface area contributed by atoms with Crippen LogP contribution in [0.5, 0.6) is 11.8 Å². The fourth-order valence-electron chi connectivity index (χ4n) is 3.13. The molecule has 0 atom stereocenters. The molecule has 3 aromatic heterocycles. The van der Waals surface area contributed by atoms with E-state index in [4.69, 9.17) is 25.8 Å². The maximum absolute atomic E-state index is 6.35. The molecule has 11 heteroatoms. The van der Waals surface area contributed by atoms with E-state index < -0.39 is 0 Å². The summed E-state index contributed by atoms with van der Waals surface area (Å²) in [5.41, 5.74) is 2.98. The van der Waals surface area contributed by atoms with E-state index in [1.807, 2.05) is 25.1 Å². The molecular weight excluding hydrogens is 422 g/mol. The van der Waals surface area contributed by atoms with E-state index >= 15 is 0 Å². The number of methoxy groups -OCH3 is 1. The van der Waals surface area contributed by atoms with Crippen LogP contribution in [0.25, 0.3) is 17.0 Å². The van der Waals surface area contributed by atoms with Crippen LogP contribution in [0.15, 0.2) is 30.5 Å². The van der Waals surface area contributed by atoms with Crippen LogP contribution in [-0.4, -0.2) is 55.1 Å². The Bertz CT molecular complexity index is 1190. The highest BCUT2D eigenvalue weighted by Crippen LogP contribution is 2.30. The Hall–Kier alpha value is -3.24. The lowest BCUT2D eigenvalue weighted by Gasteiger charge is -2.13. The third kappa shape index (κ3) is 4.30. The summed E-state index contributed by atoms with van der Waals surface area (Å²) in [6.07, 6.45) is 2.50. The van der Waals surface area contributed by atoms with Gasteiger partial charge in [0.1, 0.15) is 17.9 Å². The van der Waals surface area contributed by atoms with Crippen LogP contribution in [0.1, 0.15) is 17.7 Å². The van der Waals surface area contributed by atoms with E-state index in [9.17, 15) is 0 Å². The zero-order valence-electron chi connectivity index (χ0n) is 17.4. The van der Waals surface area contributed by atoms with E-state index in [0.29, 0.717) is 35.7 Å². The van der Waals surface area contributed by atoms with Gasteiger partial charge in [-0.2, -0.15) is 4.98 Å². The molecule has 31 heavy (non-hydrogen) atoms. The molecule has 0 aliphatic rings. The van der Waals surface area contributed by atoms with E-state index in [2.05, 4.69) is 25.5 Å². The van der Waals surface area contributed by atoms with Crippen LogP contribution in [0, 0.1) is 6.92 Å². The SMILES string of the molecule is COCCCOc1ccnc(COc2nc3c(Cl)cccc3n2-c2nnnn2C)c1C. The van der Waals surface area contributed by atoms with Gasteiger partial charge in [0.15, 0.2) is 0 Å². The Morgan fingerprint density at radius 1 is 1.13 bits per heavy atom. The number of hydrogen-bond acceptors (Lipinski definition) is 8. The summed E-state index contributed by atoms with van der Waals surface area (Å²) >= 11 is 6.35. The van der Waals surface area contributed by atoms with E-state index in [0.717, 1.165) is 28.9 Å². The first-order valence-corrected chi connectivity index (χ1v) is 10.1. The smallest absolute Gasteiger partial charge is 0.305 e. The van der Waals surface area contributed by atoms with Crippen LogP contribution < -0.4 is 9.47 Å². The molecule has 4 rings (SSSR count). The van der Waals surface area contributed by atoms with E-state index in [1.165, 1.54) is 4.68 Å². The minimum absolute atomic E-state index is 0.188. The third-order valence-corrected chi connectivity index (χ3v) is 5.05. The number of rotatable bonds is 9. The average Bonchev–Trinajstić information content (AvgIpc) is 3.35. The van der Waals surface area contributed by atoms with Crippen molar-refractivity contribution in [1.29, 1.82) is 0 Å². The van der Waals surface area contributed by atoms with Gasteiger partial charge in [-0.15, -0.1) is 0 Å². The molecule has 0 aliphatic heterocycles. The normalized spacial score (nSPS) is 11.2. The van der Waals surface area contributed by atoms with Crippen molar-refractivity contribution in [2.45, 2.75) is 20.0 Å². The lowest BCUT2D eigenvalue weighted by molar-refractivity contribution is 0.171. The van der Waals surface area contributed by atoms with Crippen molar-refractivity contribution in [3.63, 3.8) is 0 Å². The molecule has 0 aliphatic carbocycles. The fourth-order valence-corrected chi connectivity index (χ4v) is 3.34. The monoisotopic (exact) mass is 443 g/mol. The molecule has 0 radical (unpaired) electrons. The highest BCUT2D eigenvalue weighted by Gasteiger charge is 2.20. The van der Waals surface area contributed by atoms with Crippen LogP contribution in [-0.2, 0) is 18.4 Å². The molecule has 0 fully saturated rings. The molecule has 4 aromatic rings. The van der Waals surface area contributed by atoms with Crippen molar-refractivity contribution in [3.8, 4) is 17.7 Å². The van der Waals surface area contributed by atoms with Crippen LogP contribution in [0.4, 0.5) is 0 Å². The minimum Gasteiger partial charge on any atom is -0.493 e. The van der Waals surface area contributed by atoms with Crippen molar-refractivity contribution in [2.75, 3.05) is 20.3 Å². The maximum atomic E-state index is 6.35. The molecule has 1 aromatic carbocycles. The predicted molar refractivity (Wildman–Crippen MR) is 114 cm³/mol. The number of imidazole rings is 1. The Morgan fingerprint density at radius 2 is 2.00 bits per heavy atom. The van der Waals surface area contributed by atoms with Crippen molar-refractivity contribution in [3.05, 3.63) is 46.7 Å². The molecule has 0 unspecified atom stereocenters. The van der Waals surface area contributed by atoms with Crippen LogP contribution in [0.3, 0.4) is 0 Å². The number of benzene rings is 1. The van der Waals surface area contributed by atoms with E-state index in [1.54, 1.807) is 31.0 Å². The summed E-state index contributed by atoms with van der Waals surface area (Å²) in [6, 6.07) is 7.65. The van der Waals surface area contributed by atoms with Crippen molar-refractivity contribution >= 4 is 22.6 Å². The molecule has 0 spiro atoms. The van der Waals surface area contributed by atoms with Crippen molar-refractivity contribution in [2.24, 2.45) is 7.05 Å². The number of aromatic nitrogens is 7. The molecule has 0 bridgehead atoms. The van der Waals surface area contributed by atoms with Gasteiger partial charge in [0.05, 0.1) is 22.8 Å². The number of pyridine rings is 1. The topological polar surface area (TPSA) is 102 Å². The maximum Gasteiger partial charge on any atom is 0.305 e. The summed E-state index contributed by atoms with van der Waals surface area (Å²) in [7, 11) is 3.41. The fraction of sp³-hybridized carbons (Fsp3) is 0.350. The summed E-state index contributed by atoms with van der Waals surface area (Å²) < 4.78 is 20.2. The number of ether oxygens (including phenoxy) is 3. The number of nitrogens with zero attached hydrogens (tertiary/aromatic N) is 7. The molecule has 162 valence electrons. The molecule has 0 N–H and O–H groups in total. The quantitative estimate of drug-likeness (QED) is 0.364. The van der Waals surface area contributed by atoms with Gasteiger partial charge in [-0.1, -0.05) is 22.8 Å². The van der Waals surface area contributed by atoms with E-state index in [-0.39, 0.29) is 6.61 Å². The average molecular weight is 444 g/mol. The van der Waals surface area contributed by atoms with Crippen LogP contribution >= 0.6 is 11.6 Å². The number of hydrogen-bond donors (Lipinski definition) is 0. The Balaban J connectivity index is 1.62. The molecule has 3 heterocycles. The Labute approximate surface area is 183 Å². The van der Waals surface area contributed by atoms with Crippen molar-refractivity contribution in [1.82, 2.24) is 34.7 Å². The lowest BCUT2D eigenvalue weighted by atomic mass is 10.2. The molecule has 0 saturated carbocycles. The second-order valence-electron chi connectivity index (χ2n) is 6.80. The van der Waals surface area contributed by atoms with Crippen molar-refractivity contribution < 1.29 is 14.2 Å². The number of halogens is 1. The third-order valence-electron chi connectivity index (χ3n) is 4.75. The zero-order chi connectivity index (χ0) is 21.8. The molecular formula is C20H22ClN7O3. The Morgan fingerprint density at radius 3 is 2.77 bits per heavy atom. The van der Waals surface area contributed by atoms with Gasteiger partial charge in [-0.3, -0.25) is 4.98 Å². The van der Waals surface area contributed by atoms with Gasteiger partial charge >= 0.3 is 6.01 Å². The first kappa shape index (κ1) is 21.0. The minimum atomic E-state index is 0.188. The molecule has 10 nitrogen and oxygen atoms in total. The summed E-state index contributed by atoms with van der Waals surface area (Å²) in [5.74, 6) is 1.22. The zero-order valence-corrected chi connectivity index (χ0v) is 18.2. The predicted octanol–water partition coefficient (Wildman–Crippen LogP) is 2.90. The second kappa shape index (κ2) is 9.27. The highest BCUT2D eigenvalue weighted by molar-refractivity contribution is 6.35. The highest BCUT2D eigenvalue weighted by atomic mass is 35.5. The molecule has 0 saturated heterocycles. The van der Waals surface area contributed by atoms with Gasteiger partial charge in [-0.05, 0) is 35.5 Å².